The Morgan fingerprint density at radius 3 is 1.84 bits per heavy atom. The fourth-order valence-corrected chi connectivity index (χ4v) is 7.10. The Balaban J connectivity index is 1.45. The Kier molecular flexibility index (Phi) is 7.78. The second-order valence-corrected chi connectivity index (χ2v) is 11.3. The minimum Gasteiger partial charge on any atom is -0.459 e. The van der Waals surface area contributed by atoms with Crippen molar-refractivity contribution >= 4 is 12.1 Å². The van der Waals surface area contributed by atoms with Gasteiger partial charge in [-0.1, -0.05) is 60.7 Å². The highest BCUT2D eigenvalue weighted by Gasteiger charge is 2.57. The molecule has 5 rings (SSSR count). The van der Waals surface area contributed by atoms with E-state index in [0.29, 0.717) is 23.2 Å². The minimum absolute atomic E-state index is 0.165. The number of carbonyl (C=O) groups excluding carboxylic acids is 2. The van der Waals surface area contributed by atoms with Gasteiger partial charge < -0.3 is 23.4 Å². The van der Waals surface area contributed by atoms with Crippen LogP contribution in [0.5, 0.6) is 0 Å². The van der Waals surface area contributed by atoms with Gasteiger partial charge in [-0.2, -0.15) is 0 Å². The van der Waals surface area contributed by atoms with Crippen LogP contribution >= 0.6 is 0 Å². The second kappa shape index (κ2) is 11.1. The second-order valence-electron chi connectivity index (χ2n) is 11.3. The Morgan fingerprint density at radius 2 is 1.34 bits per heavy atom. The van der Waals surface area contributed by atoms with E-state index >= 15 is 0 Å². The average molecular weight is 523 g/mol. The summed E-state index contributed by atoms with van der Waals surface area (Å²) in [4.78, 5) is 26.6. The number of hydrogen-bond acceptors (Lipinski definition) is 6. The number of rotatable bonds is 8. The van der Waals surface area contributed by atoms with Crippen molar-refractivity contribution in [3.63, 3.8) is 0 Å². The summed E-state index contributed by atoms with van der Waals surface area (Å²) < 4.78 is 24.6. The molecule has 204 valence electrons. The van der Waals surface area contributed by atoms with Crippen LogP contribution in [0.25, 0.3) is 0 Å². The zero-order valence-corrected chi connectivity index (χ0v) is 22.7. The standard InChI is InChI=1S/C31H40NO6/c1-22(2)35-30(34)36-23(3)38-31(24-12-6-4-7-13-24,25-14-8-5-9-15-25)29(33)37-28-20-26-16-17-27(21-28)32(26)18-10-11-19-32/h4-9,12-15,22-23,26-28H,10-11,16-21H2,1-3H3/q+1. The molecule has 7 heteroatoms. The van der Waals surface area contributed by atoms with Crippen molar-refractivity contribution in [1.82, 2.24) is 0 Å². The predicted molar refractivity (Wildman–Crippen MR) is 142 cm³/mol. The van der Waals surface area contributed by atoms with E-state index < -0.39 is 24.0 Å². The number of nitrogens with zero attached hydrogens (tertiary/aromatic N) is 1. The van der Waals surface area contributed by atoms with Crippen LogP contribution in [0.4, 0.5) is 4.79 Å². The summed E-state index contributed by atoms with van der Waals surface area (Å²) in [5.41, 5.74) is -0.382. The highest BCUT2D eigenvalue weighted by atomic mass is 16.8. The van der Waals surface area contributed by atoms with E-state index in [9.17, 15) is 9.59 Å². The largest absolute Gasteiger partial charge is 0.510 e. The molecular weight excluding hydrogens is 482 g/mol. The van der Waals surface area contributed by atoms with Crippen molar-refractivity contribution in [1.29, 1.82) is 0 Å². The lowest BCUT2D eigenvalue weighted by molar-refractivity contribution is -0.956. The van der Waals surface area contributed by atoms with E-state index in [1.54, 1.807) is 20.8 Å². The van der Waals surface area contributed by atoms with Gasteiger partial charge in [-0.25, -0.2) is 9.59 Å². The van der Waals surface area contributed by atoms with Crippen LogP contribution in [0.3, 0.4) is 0 Å². The SMILES string of the molecule is CC(C)OC(=O)OC(C)OC(C(=O)OC1CC2CCC(C1)[N+]21CCCC1)(c1ccccc1)c1ccccc1. The fraction of sp³-hybridized carbons (Fsp3) is 0.548. The van der Waals surface area contributed by atoms with Gasteiger partial charge >= 0.3 is 12.1 Å². The molecule has 2 aromatic carbocycles. The zero-order valence-electron chi connectivity index (χ0n) is 22.7. The van der Waals surface area contributed by atoms with Crippen molar-refractivity contribution in [3.8, 4) is 0 Å². The monoisotopic (exact) mass is 522 g/mol. The molecule has 3 fully saturated rings. The maximum atomic E-state index is 14.4. The number of carbonyl (C=O) groups is 2. The normalized spacial score (nSPS) is 24.8. The van der Waals surface area contributed by atoms with Gasteiger partial charge in [0.25, 0.3) is 0 Å². The Labute approximate surface area is 225 Å². The Morgan fingerprint density at radius 1 is 0.816 bits per heavy atom. The van der Waals surface area contributed by atoms with E-state index in [0.717, 1.165) is 12.8 Å². The van der Waals surface area contributed by atoms with Gasteiger partial charge in [-0.15, -0.1) is 0 Å². The summed E-state index contributed by atoms with van der Waals surface area (Å²) in [6.45, 7) is 7.61. The van der Waals surface area contributed by atoms with Crippen molar-refractivity contribution in [2.24, 2.45) is 0 Å². The lowest BCUT2D eigenvalue weighted by Crippen LogP contribution is -2.60. The van der Waals surface area contributed by atoms with Gasteiger partial charge in [0.1, 0.15) is 6.10 Å². The molecule has 3 atom stereocenters. The highest BCUT2D eigenvalue weighted by molar-refractivity contribution is 5.86. The number of ether oxygens (including phenoxy) is 4. The van der Waals surface area contributed by atoms with E-state index in [-0.39, 0.29) is 12.2 Å². The molecule has 0 amide bonds. The van der Waals surface area contributed by atoms with Gasteiger partial charge in [0.15, 0.2) is 0 Å². The minimum atomic E-state index is -1.61. The quantitative estimate of drug-likeness (QED) is 0.252. The smallest absolute Gasteiger partial charge is 0.459 e. The summed E-state index contributed by atoms with van der Waals surface area (Å²) in [6, 6.07) is 19.8. The first-order valence-electron chi connectivity index (χ1n) is 14.1. The van der Waals surface area contributed by atoms with Gasteiger partial charge in [0, 0.05) is 38.5 Å². The van der Waals surface area contributed by atoms with Crippen LogP contribution < -0.4 is 0 Å². The Bertz CT molecular complexity index is 1040. The van der Waals surface area contributed by atoms with Crippen LogP contribution in [-0.4, -0.2) is 60.3 Å². The molecule has 0 saturated carbocycles. The molecule has 7 nitrogen and oxygen atoms in total. The topological polar surface area (TPSA) is 71.1 Å². The van der Waals surface area contributed by atoms with Crippen molar-refractivity contribution in [3.05, 3.63) is 71.8 Å². The van der Waals surface area contributed by atoms with E-state index in [4.69, 9.17) is 18.9 Å². The third-order valence-corrected chi connectivity index (χ3v) is 8.61. The van der Waals surface area contributed by atoms with Gasteiger partial charge in [-0.3, -0.25) is 0 Å². The molecule has 0 aliphatic carbocycles. The number of quaternary nitrogens is 1. The lowest BCUT2D eigenvalue weighted by atomic mass is 9.85. The summed E-state index contributed by atoms with van der Waals surface area (Å²) in [5, 5.41) is 0. The van der Waals surface area contributed by atoms with Gasteiger partial charge in [-0.05, 0) is 31.9 Å². The zero-order chi connectivity index (χ0) is 26.8. The van der Waals surface area contributed by atoms with E-state index in [1.165, 1.54) is 43.3 Å². The fourth-order valence-electron chi connectivity index (χ4n) is 7.10. The highest BCUT2D eigenvalue weighted by Crippen LogP contribution is 2.47. The maximum Gasteiger partial charge on any atom is 0.510 e. The molecule has 3 unspecified atom stereocenters. The molecule has 0 aromatic heterocycles. The van der Waals surface area contributed by atoms with Crippen molar-refractivity contribution in [2.45, 2.75) is 95.5 Å². The molecule has 2 aromatic rings. The Hall–Kier alpha value is -2.90. The molecule has 1 spiro atoms. The number of piperidine rings is 1. The lowest BCUT2D eigenvalue weighted by Gasteiger charge is -2.47. The van der Waals surface area contributed by atoms with E-state index in [1.807, 2.05) is 60.7 Å². The van der Waals surface area contributed by atoms with E-state index in [2.05, 4.69) is 0 Å². The van der Waals surface area contributed by atoms with Crippen LogP contribution in [0.15, 0.2) is 60.7 Å². The van der Waals surface area contributed by atoms with Gasteiger partial charge in [0.05, 0.1) is 31.3 Å². The van der Waals surface area contributed by atoms with Crippen molar-refractivity contribution in [2.75, 3.05) is 13.1 Å². The molecule has 38 heavy (non-hydrogen) atoms. The first-order valence-corrected chi connectivity index (χ1v) is 14.1. The van der Waals surface area contributed by atoms with Crippen LogP contribution in [0, 0.1) is 0 Å². The van der Waals surface area contributed by atoms with Crippen LogP contribution in [0.2, 0.25) is 0 Å². The average Bonchev–Trinajstić information content (AvgIpc) is 3.44. The predicted octanol–water partition coefficient (Wildman–Crippen LogP) is 5.70. The maximum absolute atomic E-state index is 14.4. The molecule has 3 aliphatic rings. The molecule has 2 bridgehead atoms. The summed E-state index contributed by atoms with van der Waals surface area (Å²) in [7, 11) is 0. The number of benzene rings is 2. The van der Waals surface area contributed by atoms with Gasteiger partial charge in [0.2, 0.25) is 11.9 Å². The third-order valence-electron chi connectivity index (χ3n) is 8.61. The first-order chi connectivity index (χ1) is 18.3. The molecular formula is C31H40NO6+. The first kappa shape index (κ1) is 26.7. The number of hydrogen-bond donors (Lipinski definition) is 0. The summed E-state index contributed by atoms with van der Waals surface area (Å²) >= 11 is 0. The number of esters is 1. The summed E-state index contributed by atoms with van der Waals surface area (Å²) in [5.74, 6) is -0.484. The van der Waals surface area contributed by atoms with Crippen molar-refractivity contribution < 1.29 is 33.0 Å². The van der Waals surface area contributed by atoms with Crippen LogP contribution in [0.1, 0.15) is 70.4 Å². The molecule has 0 radical (unpaired) electrons. The molecule has 3 aliphatic heterocycles. The summed E-state index contributed by atoms with van der Waals surface area (Å²) in [6.07, 6.45) is 4.36. The third kappa shape index (κ3) is 5.06. The molecule has 3 saturated heterocycles. The molecule has 3 heterocycles. The van der Waals surface area contributed by atoms with Crippen LogP contribution in [-0.2, 0) is 29.3 Å². The molecule has 0 N–H and O–H groups in total.